The Morgan fingerprint density at radius 2 is 1.16 bits per heavy atom. The van der Waals surface area contributed by atoms with E-state index in [9.17, 15) is 54.1 Å². The number of rotatable bonds is 14. The second kappa shape index (κ2) is 19.9. The van der Waals surface area contributed by atoms with Gasteiger partial charge in [-0.25, -0.2) is 0 Å². The first-order valence-corrected chi connectivity index (χ1v) is 16.6. The van der Waals surface area contributed by atoms with E-state index >= 15 is 0 Å². The van der Waals surface area contributed by atoms with Crippen LogP contribution in [0.2, 0.25) is 0 Å². The minimum Gasteiger partial charge on any atom is -0.480 e. The van der Waals surface area contributed by atoms with Gasteiger partial charge >= 0.3 is 25.0 Å². The molecule has 18 nitrogen and oxygen atoms in total. The third-order valence-electron chi connectivity index (χ3n) is 8.72. The Morgan fingerprint density at radius 1 is 0.720 bits per heavy atom. The number of nitrogens with zero attached hydrogens (tertiary/aromatic N) is 5. The van der Waals surface area contributed by atoms with E-state index < -0.39 is 48.8 Å². The third-order valence-corrected chi connectivity index (χ3v) is 8.72. The van der Waals surface area contributed by atoms with Crippen LogP contribution in [0.1, 0.15) is 35.7 Å². The maximum absolute atomic E-state index is 13.0. The van der Waals surface area contributed by atoms with Gasteiger partial charge in [-0.05, 0) is 37.5 Å². The molecule has 50 heavy (non-hydrogen) atoms. The van der Waals surface area contributed by atoms with Gasteiger partial charge in [0.15, 0.2) is 0 Å². The van der Waals surface area contributed by atoms with Crippen LogP contribution in [0.15, 0.2) is 24.3 Å². The molecule has 0 aromatic heterocycles. The second-order valence-corrected chi connectivity index (χ2v) is 12.6. The van der Waals surface area contributed by atoms with Gasteiger partial charge in [-0.2, -0.15) is 0 Å². The van der Waals surface area contributed by atoms with Gasteiger partial charge in [-0.1, -0.05) is 12.1 Å². The molecule has 3 rings (SSSR count). The number of likely N-dealkylation sites (tertiary alicyclic amines) is 1. The number of carboxylic acids is 3. The fourth-order valence-corrected chi connectivity index (χ4v) is 5.99. The Kier molecular flexibility index (Phi) is 16.0. The van der Waals surface area contributed by atoms with Crippen molar-refractivity contribution in [3.05, 3.63) is 35.4 Å². The molecule has 1 aromatic carbocycles. The molecule has 2 unspecified atom stereocenters. The first-order valence-electron chi connectivity index (χ1n) is 16.6. The Bertz CT molecular complexity index is 1300. The molecule has 0 radical (unpaired) electrons. The quantitative estimate of drug-likeness (QED) is 0.0949. The van der Waals surface area contributed by atoms with E-state index in [1.54, 1.807) is 39.0 Å². The predicted octanol–water partition coefficient (Wildman–Crippen LogP) is -3.10. The van der Waals surface area contributed by atoms with E-state index in [4.69, 9.17) is 0 Å². The summed E-state index contributed by atoms with van der Waals surface area (Å²) in [5, 5.41) is 52.7. The number of nitrogens with one attached hydrogen (secondary N) is 2. The van der Waals surface area contributed by atoms with E-state index in [1.165, 1.54) is 11.8 Å². The zero-order chi connectivity index (χ0) is 36.8. The molecule has 7 N–H and O–H groups in total. The second-order valence-electron chi connectivity index (χ2n) is 12.6. The summed E-state index contributed by atoms with van der Waals surface area (Å²) in [5.74, 6) is -5.03. The van der Waals surface area contributed by atoms with E-state index in [0.29, 0.717) is 43.6 Å². The molecule has 2 fully saturated rings. The maximum atomic E-state index is 13.0. The van der Waals surface area contributed by atoms with Crippen LogP contribution in [0.4, 0.5) is 0 Å². The van der Waals surface area contributed by atoms with Crippen molar-refractivity contribution in [3.8, 4) is 0 Å². The lowest BCUT2D eigenvalue weighted by molar-refractivity contribution is -0.140. The molecule has 19 heteroatoms. The number of amides is 3. The maximum Gasteiger partial charge on any atom is 0.475 e. The Hall–Kier alpha value is -4.14. The largest absolute Gasteiger partial charge is 0.480 e. The van der Waals surface area contributed by atoms with Gasteiger partial charge in [0, 0.05) is 71.0 Å². The van der Waals surface area contributed by atoms with Crippen molar-refractivity contribution in [2.24, 2.45) is 0 Å². The molecule has 2 saturated heterocycles. The molecule has 276 valence electrons. The number of aliphatic carboxylic acids is 3. The molecule has 2 heterocycles. The average Bonchev–Trinajstić information content (AvgIpc) is 3.55. The average molecular weight is 706 g/mol. The Morgan fingerprint density at radius 3 is 1.58 bits per heavy atom. The van der Waals surface area contributed by atoms with E-state index in [0.717, 1.165) is 0 Å². The van der Waals surface area contributed by atoms with Crippen LogP contribution < -0.4 is 10.6 Å². The highest BCUT2D eigenvalue weighted by molar-refractivity contribution is 6.43. The normalized spacial score (nSPS) is 19.5. The number of hydrogen-bond acceptors (Lipinski definition) is 12. The molecule has 0 aliphatic carbocycles. The van der Waals surface area contributed by atoms with Crippen LogP contribution >= 0.6 is 0 Å². The molecule has 3 amide bonds. The lowest BCUT2D eigenvalue weighted by Crippen LogP contribution is -2.52. The van der Waals surface area contributed by atoms with Crippen molar-refractivity contribution in [2.45, 2.75) is 38.3 Å². The zero-order valence-corrected chi connectivity index (χ0v) is 28.3. The van der Waals surface area contributed by atoms with Crippen molar-refractivity contribution in [1.29, 1.82) is 0 Å². The summed E-state index contributed by atoms with van der Waals surface area (Å²) in [7, 11) is -1.65. The molecule has 0 spiro atoms. The summed E-state index contributed by atoms with van der Waals surface area (Å²) in [6.45, 7) is 3.52. The van der Waals surface area contributed by atoms with Crippen LogP contribution in [0.3, 0.4) is 0 Å². The molecular formula is C31H48BN7O11. The molecule has 2 aliphatic rings. The smallest absolute Gasteiger partial charge is 0.475 e. The summed E-state index contributed by atoms with van der Waals surface area (Å²) >= 11 is 0. The highest BCUT2D eigenvalue weighted by Crippen LogP contribution is 2.19. The van der Waals surface area contributed by atoms with Crippen molar-refractivity contribution in [3.63, 3.8) is 0 Å². The van der Waals surface area contributed by atoms with Crippen LogP contribution in [0.5, 0.6) is 0 Å². The van der Waals surface area contributed by atoms with Gasteiger partial charge in [0.2, 0.25) is 11.8 Å². The van der Waals surface area contributed by atoms with Crippen LogP contribution in [0.25, 0.3) is 0 Å². The molecule has 2 aliphatic heterocycles. The van der Waals surface area contributed by atoms with Gasteiger partial charge in [-0.15, -0.1) is 0 Å². The highest BCUT2D eigenvalue weighted by Gasteiger charge is 2.38. The fraction of sp³-hybridized carbons (Fsp3) is 0.613. The number of carbonyl (C=O) groups excluding carboxylic acids is 3. The summed E-state index contributed by atoms with van der Waals surface area (Å²) in [5.41, 5.74) is 0.998. The van der Waals surface area contributed by atoms with Crippen molar-refractivity contribution < 1.29 is 54.1 Å². The van der Waals surface area contributed by atoms with Gasteiger partial charge < -0.3 is 40.9 Å². The topological polar surface area (TPSA) is 244 Å². The lowest BCUT2D eigenvalue weighted by Gasteiger charge is -2.32. The monoisotopic (exact) mass is 705 g/mol. The van der Waals surface area contributed by atoms with Crippen LogP contribution in [0, 0.1) is 0 Å². The van der Waals surface area contributed by atoms with Crippen molar-refractivity contribution in [1.82, 2.24) is 35.1 Å². The van der Waals surface area contributed by atoms with E-state index in [-0.39, 0.29) is 77.9 Å². The molecule has 1 aromatic rings. The van der Waals surface area contributed by atoms with Crippen LogP contribution in [-0.2, 0) is 30.5 Å². The summed E-state index contributed by atoms with van der Waals surface area (Å²) in [4.78, 5) is 81.1. The zero-order valence-electron chi connectivity index (χ0n) is 28.3. The minimum atomic E-state index is -1.65. The van der Waals surface area contributed by atoms with Gasteiger partial charge in [0.05, 0.1) is 32.1 Å². The van der Waals surface area contributed by atoms with Crippen molar-refractivity contribution >= 4 is 42.7 Å². The Labute approximate surface area is 290 Å². The number of benzene rings is 1. The minimum absolute atomic E-state index is 0.0372. The van der Waals surface area contributed by atoms with Crippen molar-refractivity contribution in [2.75, 3.05) is 85.1 Å². The van der Waals surface area contributed by atoms with Gasteiger partial charge in [-0.3, -0.25) is 48.4 Å². The molecule has 0 saturated carbocycles. The standard InChI is InChI=1S/C31H48BN7O11/c1-22(31(48)39-8-2-3-25(39)32(49)50)34-30(47)24-6-4-23(5-7-24)17-33-26(40)18-35-9-11-36(19-27(41)42)13-15-38(21-29(45)46)16-14-37(12-10-35)20-28(43)44/h4-7,22,25,49-50H,2-3,8-21H2,1H3,(H,33,40)(H,34,47)(H,41,42)(H,43,44)(H,45,46). The third kappa shape index (κ3) is 13.6. The summed E-state index contributed by atoms with van der Waals surface area (Å²) in [6.07, 6.45) is 1.10. The number of carboxylic acid groups (broad SMARTS) is 3. The molecular weight excluding hydrogens is 657 g/mol. The summed E-state index contributed by atoms with van der Waals surface area (Å²) in [6, 6.07) is 5.57. The first-order chi connectivity index (χ1) is 23.7. The van der Waals surface area contributed by atoms with E-state index in [1.807, 2.05) is 4.90 Å². The van der Waals surface area contributed by atoms with Gasteiger partial charge in [0.1, 0.15) is 6.04 Å². The first kappa shape index (κ1) is 40.3. The number of hydrogen-bond donors (Lipinski definition) is 7. The number of carbonyl (C=O) groups is 6. The lowest BCUT2D eigenvalue weighted by atomic mass is 9.78. The predicted molar refractivity (Wildman–Crippen MR) is 179 cm³/mol. The van der Waals surface area contributed by atoms with Gasteiger partial charge in [0.25, 0.3) is 5.91 Å². The molecule has 0 bridgehead atoms. The Balaban J connectivity index is 1.56. The van der Waals surface area contributed by atoms with Crippen LogP contribution in [-0.4, -0.2) is 190 Å². The highest BCUT2D eigenvalue weighted by atomic mass is 16.4. The summed E-state index contributed by atoms with van der Waals surface area (Å²) < 4.78 is 0. The SMILES string of the molecule is CC(NC(=O)c1ccc(CNC(=O)CN2CCN(CC(=O)O)CCN(CC(=O)O)CCN(CC(=O)O)CC2)cc1)C(=O)N1CCCC1B(O)O. The fourth-order valence-electron chi connectivity index (χ4n) is 5.99. The van der Waals surface area contributed by atoms with E-state index in [2.05, 4.69) is 10.6 Å². The molecule has 2 atom stereocenters.